The zero-order valence-electron chi connectivity index (χ0n) is 13.0. The fourth-order valence-corrected chi connectivity index (χ4v) is 2.69. The summed E-state index contributed by atoms with van der Waals surface area (Å²) in [5.41, 5.74) is 10.4. The van der Waals surface area contributed by atoms with Crippen LogP contribution in [0.1, 0.15) is 12.5 Å². The van der Waals surface area contributed by atoms with Gasteiger partial charge in [0.25, 0.3) is 0 Å². The van der Waals surface area contributed by atoms with Gasteiger partial charge in [0.05, 0.1) is 5.36 Å². The second-order valence-electron chi connectivity index (χ2n) is 5.41. The third-order valence-corrected chi connectivity index (χ3v) is 3.73. The van der Waals surface area contributed by atoms with Crippen LogP contribution in [0.2, 0.25) is 0 Å². The molecule has 0 spiro atoms. The fraction of sp³-hybridized carbons (Fsp3) is 0.0500. The predicted molar refractivity (Wildman–Crippen MR) is 96.1 cm³/mol. The molecule has 1 heterocycles. The van der Waals surface area contributed by atoms with Crippen LogP contribution in [0.4, 0.5) is 5.69 Å². The SMILES string of the molecule is C=C/C=C\C=C(/C)c1c2ccc(=N)cc-2oc2cc(N)ccc12. The lowest BCUT2D eigenvalue weighted by Crippen LogP contribution is -2.01. The molecule has 2 aliphatic rings. The number of nitrogens with two attached hydrogens (primary N) is 1. The minimum Gasteiger partial charge on any atom is -0.456 e. The van der Waals surface area contributed by atoms with E-state index in [1.54, 1.807) is 18.2 Å². The molecule has 1 aromatic carbocycles. The molecular weight excluding hydrogens is 284 g/mol. The summed E-state index contributed by atoms with van der Waals surface area (Å²) in [7, 11) is 0. The monoisotopic (exact) mass is 302 g/mol. The number of hydrogen-bond acceptors (Lipinski definition) is 3. The van der Waals surface area contributed by atoms with Crippen molar-refractivity contribution in [1.82, 2.24) is 0 Å². The molecule has 1 aliphatic carbocycles. The molecule has 3 N–H and O–H groups in total. The van der Waals surface area contributed by atoms with Crippen LogP contribution in [-0.4, -0.2) is 0 Å². The van der Waals surface area contributed by atoms with Gasteiger partial charge in [-0.2, -0.15) is 0 Å². The van der Waals surface area contributed by atoms with E-state index in [0.717, 1.165) is 27.7 Å². The van der Waals surface area contributed by atoms with Gasteiger partial charge in [-0.1, -0.05) is 30.9 Å². The van der Waals surface area contributed by atoms with Crippen molar-refractivity contribution >= 4 is 22.2 Å². The standard InChI is InChI=1S/C20H18N2O/c1-3-4-5-6-13(2)20-16-9-7-14(21)11-18(16)23-19-12-15(22)8-10-17(19)20/h3-12,21H,1,22H2,2H3/b5-4-,13-6+,21-14?. The zero-order valence-corrected chi connectivity index (χ0v) is 13.0. The van der Waals surface area contributed by atoms with E-state index in [4.69, 9.17) is 15.6 Å². The van der Waals surface area contributed by atoms with Crippen molar-refractivity contribution < 1.29 is 4.42 Å². The normalized spacial score (nSPS) is 12.3. The molecule has 3 nitrogen and oxygen atoms in total. The Bertz CT molecular complexity index is 977. The van der Waals surface area contributed by atoms with E-state index >= 15 is 0 Å². The lowest BCUT2D eigenvalue weighted by molar-refractivity contribution is 0.618. The number of benzene rings is 2. The maximum atomic E-state index is 7.82. The number of nitrogens with one attached hydrogen (secondary N) is 1. The molecule has 1 aromatic rings. The van der Waals surface area contributed by atoms with Gasteiger partial charge in [0, 0.05) is 28.8 Å². The Morgan fingerprint density at radius 3 is 2.78 bits per heavy atom. The van der Waals surface area contributed by atoms with E-state index in [1.165, 1.54) is 0 Å². The second-order valence-corrected chi connectivity index (χ2v) is 5.41. The quantitative estimate of drug-likeness (QED) is 0.417. The fourth-order valence-electron chi connectivity index (χ4n) is 2.69. The topological polar surface area (TPSA) is 63.0 Å². The Kier molecular flexibility index (Phi) is 3.85. The van der Waals surface area contributed by atoms with Crippen LogP contribution in [0.25, 0.3) is 27.9 Å². The van der Waals surface area contributed by atoms with Gasteiger partial charge in [0.15, 0.2) is 0 Å². The molecular formula is C20H18N2O. The highest BCUT2D eigenvalue weighted by atomic mass is 16.3. The van der Waals surface area contributed by atoms with Crippen molar-refractivity contribution in [3.05, 3.63) is 78.2 Å². The van der Waals surface area contributed by atoms with Gasteiger partial charge in [-0.25, -0.2) is 0 Å². The summed E-state index contributed by atoms with van der Waals surface area (Å²) in [6.45, 7) is 5.75. The van der Waals surface area contributed by atoms with E-state index < -0.39 is 0 Å². The molecule has 0 aromatic heterocycles. The smallest absolute Gasteiger partial charge is 0.137 e. The average molecular weight is 302 g/mol. The summed E-state index contributed by atoms with van der Waals surface area (Å²) in [6.07, 6.45) is 7.63. The van der Waals surface area contributed by atoms with Crippen LogP contribution >= 0.6 is 0 Å². The molecule has 0 amide bonds. The summed E-state index contributed by atoms with van der Waals surface area (Å²) >= 11 is 0. The largest absolute Gasteiger partial charge is 0.456 e. The number of fused-ring (bicyclic) bond motifs is 2. The van der Waals surface area contributed by atoms with Crippen LogP contribution in [0, 0.1) is 5.41 Å². The third kappa shape index (κ3) is 2.81. The van der Waals surface area contributed by atoms with Crippen LogP contribution in [0.5, 0.6) is 0 Å². The molecule has 0 saturated carbocycles. The second kappa shape index (κ2) is 5.97. The van der Waals surface area contributed by atoms with Gasteiger partial charge in [0.2, 0.25) is 0 Å². The van der Waals surface area contributed by atoms with Gasteiger partial charge in [-0.3, -0.25) is 0 Å². The lowest BCUT2D eigenvalue weighted by atomic mass is 9.94. The van der Waals surface area contributed by atoms with Gasteiger partial charge >= 0.3 is 0 Å². The van der Waals surface area contributed by atoms with Gasteiger partial charge in [-0.05, 0) is 42.3 Å². The van der Waals surface area contributed by atoms with Crippen molar-refractivity contribution in [1.29, 1.82) is 5.41 Å². The van der Waals surface area contributed by atoms with E-state index in [0.29, 0.717) is 16.8 Å². The first-order chi connectivity index (χ1) is 11.1. The Morgan fingerprint density at radius 1 is 1.17 bits per heavy atom. The van der Waals surface area contributed by atoms with E-state index in [1.807, 2.05) is 42.5 Å². The van der Waals surface area contributed by atoms with Crippen LogP contribution in [-0.2, 0) is 0 Å². The van der Waals surface area contributed by atoms with Crippen molar-refractivity contribution in [3.63, 3.8) is 0 Å². The Labute approximate surface area is 134 Å². The zero-order chi connectivity index (χ0) is 16.4. The van der Waals surface area contributed by atoms with Gasteiger partial charge in [0.1, 0.15) is 11.3 Å². The Balaban J connectivity index is 2.40. The Morgan fingerprint density at radius 2 is 2.00 bits per heavy atom. The summed E-state index contributed by atoms with van der Waals surface area (Å²) in [4.78, 5) is 0. The summed E-state index contributed by atoms with van der Waals surface area (Å²) < 4.78 is 5.96. The molecule has 0 radical (unpaired) electrons. The number of allylic oxidation sites excluding steroid dienone is 5. The Hall–Kier alpha value is -3.07. The van der Waals surface area contributed by atoms with E-state index in [9.17, 15) is 0 Å². The van der Waals surface area contributed by atoms with Crippen molar-refractivity contribution in [2.45, 2.75) is 6.92 Å². The average Bonchev–Trinajstić information content (AvgIpc) is 2.52. The lowest BCUT2D eigenvalue weighted by Gasteiger charge is -2.15. The molecule has 0 atom stereocenters. The molecule has 114 valence electrons. The number of rotatable bonds is 3. The van der Waals surface area contributed by atoms with E-state index in [-0.39, 0.29) is 0 Å². The molecule has 1 aliphatic heterocycles. The highest BCUT2D eigenvalue weighted by Gasteiger charge is 2.16. The highest BCUT2D eigenvalue weighted by Crippen LogP contribution is 2.37. The third-order valence-electron chi connectivity index (χ3n) is 3.73. The molecule has 0 unspecified atom stereocenters. The van der Waals surface area contributed by atoms with Crippen LogP contribution in [0.3, 0.4) is 0 Å². The summed E-state index contributed by atoms with van der Waals surface area (Å²) in [5.74, 6) is 0.686. The maximum absolute atomic E-state index is 7.82. The number of nitrogen functional groups attached to an aromatic ring is 1. The number of anilines is 1. The molecule has 0 saturated heterocycles. The summed E-state index contributed by atoms with van der Waals surface area (Å²) in [5, 5.41) is 9.24. The first kappa shape index (κ1) is 14.9. The number of hydrogen-bond donors (Lipinski definition) is 2. The summed E-state index contributed by atoms with van der Waals surface area (Å²) in [6, 6.07) is 11.1. The first-order valence-corrected chi connectivity index (χ1v) is 7.37. The maximum Gasteiger partial charge on any atom is 0.137 e. The highest BCUT2D eigenvalue weighted by molar-refractivity contribution is 5.98. The molecule has 3 rings (SSSR count). The minimum absolute atomic E-state index is 0.420. The first-order valence-electron chi connectivity index (χ1n) is 7.37. The molecule has 0 bridgehead atoms. The predicted octanol–water partition coefficient (Wildman–Crippen LogP) is 4.74. The van der Waals surface area contributed by atoms with Gasteiger partial charge < -0.3 is 15.6 Å². The van der Waals surface area contributed by atoms with E-state index in [2.05, 4.69) is 13.5 Å². The van der Waals surface area contributed by atoms with Crippen molar-refractivity contribution in [2.75, 3.05) is 5.73 Å². The van der Waals surface area contributed by atoms with Crippen LogP contribution in [0.15, 0.2) is 71.7 Å². The molecule has 0 fully saturated rings. The molecule has 23 heavy (non-hydrogen) atoms. The van der Waals surface area contributed by atoms with Crippen molar-refractivity contribution in [3.8, 4) is 11.3 Å². The molecule has 3 heteroatoms. The van der Waals surface area contributed by atoms with Crippen molar-refractivity contribution in [2.24, 2.45) is 0 Å². The van der Waals surface area contributed by atoms with Gasteiger partial charge in [-0.15, -0.1) is 0 Å². The van der Waals surface area contributed by atoms with Crippen LogP contribution < -0.4 is 11.1 Å². The minimum atomic E-state index is 0.420.